The highest BCUT2D eigenvalue weighted by molar-refractivity contribution is 5.94. The first kappa shape index (κ1) is 27.2. The molecule has 10 N–H and O–H groups in total. The first-order chi connectivity index (χ1) is 14.0. The van der Waals surface area contributed by atoms with Crippen LogP contribution in [0.5, 0.6) is 0 Å². The number of rotatable bonds is 15. The number of aliphatic hydroxyl groups excluding tert-OH is 1. The minimum absolute atomic E-state index is 0.158. The quantitative estimate of drug-likeness (QED) is 0.121. The molecule has 30 heavy (non-hydrogen) atoms. The van der Waals surface area contributed by atoms with Gasteiger partial charge in [0.2, 0.25) is 17.7 Å². The fourth-order valence-electron chi connectivity index (χ4n) is 2.31. The molecule has 0 saturated carbocycles. The van der Waals surface area contributed by atoms with Gasteiger partial charge in [0, 0.05) is 6.42 Å². The molecule has 0 aliphatic heterocycles. The molecule has 0 aliphatic rings. The van der Waals surface area contributed by atoms with Crippen molar-refractivity contribution < 1.29 is 39.3 Å². The second-order valence-electron chi connectivity index (χ2n) is 6.70. The van der Waals surface area contributed by atoms with Crippen molar-refractivity contribution in [2.45, 2.75) is 63.2 Å². The van der Waals surface area contributed by atoms with Gasteiger partial charge in [0.15, 0.2) is 0 Å². The standard InChI is InChI=1S/C17H31N5O8/c1-9(17(29)30)20-15(27)12(5-6-13(24)25)22-16(28)11(4-2-3-7-18)21-14(26)10(19)8-23/h9-12,23H,2-8,18-19H2,1H3,(H,20,27)(H,21,26)(H,22,28)(H,24,25)(H,29,30). The van der Waals surface area contributed by atoms with E-state index in [1.165, 1.54) is 6.92 Å². The summed E-state index contributed by atoms with van der Waals surface area (Å²) in [5.74, 6) is -4.96. The van der Waals surface area contributed by atoms with Crippen molar-refractivity contribution in [3.63, 3.8) is 0 Å². The van der Waals surface area contributed by atoms with Crippen LogP contribution in [0.2, 0.25) is 0 Å². The van der Waals surface area contributed by atoms with Crippen molar-refractivity contribution in [1.29, 1.82) is 0 Å². The number of carbonyl (C=O) groups is 5. The van der Waals surface area contributed by atoms with E-state index < -0.39 is 66.9 Å². The maximum Gasteiger partial charge on any atom is 0.325 e. The highest BCUT2D eigenvalue weighted by Gasteiger charge is 2.29. The Morgan fingerprint density at radius 3 is 1.90 bits per heavy atom. The summed E-state index contributed by atoms with van der Waals surface area (Å²) in [6.45, 7) is 0.928. The Balaban J connectivity index is 5.33. The van der Waals surface area contributed by atoms with E-state index in [4.69, 9.17) is 26.8 Å². The SMILES string of the molecule is CC(NC(=O)C(CCC(=O)O)NC(=O)C(CCCCN)NC(=O)C(N)CO)C(=O)O. The van der Waals surface area contributed by atoms with Gasteiger partial charge in [0.1, 0.15) is 24.2 Å². The van der Waals surface area contributed by atoms with E-state index in [9.17, 15) is 24.0 Å². The zero-order valence-corrected chi connectivity index (χ0v) is 16.8. The summed E-state index contributed by atoms with van der Waals surface area (Å²) in [5, 5.41) is 33.6. The Labute approximate surface area is 173 Å². The van der Waals surface area contributed by atoms with Gasteiger partial charge in [-0.3, -0.25) is 24.0 Å². The third-order valence-corrected chi connectivity index (χ3v) is 4.12. The van der Waals surface area contributed by atoms with E-state index in [2.05, 4.69) is 16.0 Å². The molecular formula is C17H31N5O8. The molecule has 0 rings (SSSR count). The van der Waals surface area contributed by atoms with Crippen molar-refractivity contribution >= 4 is 29.7 Å². The molecule has 0 aromatic carbocycles. The van der Waals surface area contributed by atoms with Crippen LogP contribution in [0.25, 0.3) is 0 Å². The average molecular weight is 433 g/mol. The number of carbonyl (C=O) groups excluding carboxylic acids is 3. The second-order valence-corrected chi connectivity index (χ2v) is 6.70. The predicted molar refractivity (Wildman–Crippen MR) is 104 cm³/mol. The Morgan fingerprint density at radius 1 is 0.867 bits per heavy atom. The Bertz CT molecular complexity index is 615. The minimum Gasteiger partial charge on any atom is -0.481 e. The molecular weight excluding hydrogens is 402 g/mol. The number of amides is 3. The maximum absolute atomic E-state index is 12.7. The van der Waals surface area contributed by atoms with Crippen LogP contribution in [0.15, 0.2) is 0 Å². The maximum atomic E-state index is 12.7. The number of aliphatic hydroxyl groups is 1. The monoisotopic (exact) mass is 433 g/mol. The second kappa shape index (κ2) is 14.3. The topological polar surface area (TPSA) is 234 Å². The van der Waals surface area contributed by atoms with Gasteiger partial charge in [-0.15, -0.1) is 0 Å². The smallest absolute Gasteiger partial charge is 0.325 e. The third-order valence-electron chi connectivity index (χ3n) is 4.12. The highest BCUT2D eigenvalue weighted by Crippen LogP contribution is 2.05. The highest BCUT2D eigenvalue weighted by atomic mass is 16.4. The molecule has 0 heterocycles. The zero-order valence-electron chi connectivity index (χ0n) is 16.8. The molecule has 0 spiro atoms. The predicted octanol–water partition coefficient (Wildman–Crippen LogP) is -3.14. The van der Waals surface area contributed by atoms with Crippen LogP contribution < -0.4 is 27.4 Å². The first-order valence-corrected chi connectivity index (χ1v) is 9.45. The molecule has 4 unspecified atom stereocenters. The third kappa shape index (κ3) is 10.7. The number of aliphatic carboxylic acids is 2. The number of unbranched alkanes of at least 4 members (excludes halogenated alkanes) is 1. The molecule has 3 amide bonds. The van der Waals surface area contributed by atoms with Crippen LogP contribution >= 0.6 is 0 Å². The molecule has 0 fully saturated rings. The average Bonchev–Trinajstić information content (AvgIpc) is 2.68. The van der Waals surface area contributed by atoms with E-state index in [0.717, 1.165) is 0 Å². The molecule has 0 saturated heterocycles. The molecule has 0 aliphatic carbocycles. The number of carboxylic acids is 2. The van der Waals surface area contributed by atoms with Crippen LogP contribution in [0.3, 0.4) is 0 Å². The Morgan fingerprint density at radius 2 is 1.40 bits per heavy atom. The van der Waals surface area contributed by atoms with Gasteiger partial charge in [0.25, 0.3) is 0 Å². The molecule has 0 aromatic rings. The molecule has 13 nitrogen and oxygen atoms in total. The fraction of sp³-hybridized carbons (Fsp3) is 0.706. The van der Waals surface area contributed by atoms with Gasteiger partial charge in [-0.25, -0.2) is 0 Å². The van der Waals surface area contributed by atoms with Crippen LogP contribution in [0, 0.1) is 0 Å². The molecule has 13 heteroatoms. The number of nitrogens with two attached hydrogens (primary N) is 2. The molecule has 4 atom stereocenters. The van der Waals surface area contributed by atoms with Crippen molar-refractivity contribution in [1.82, 2.24) is 16.0 Å². The van der Waals surface area contributed by atoms with Crippen LogP contribution in [-0.2, 0) is 24.0 Å². The Hall–Kier alpha value is -2.77. The van der Waals surface area contributed by atoms with Gasteiger partial charge >= 0.3 is 11.9 Å². The fourth-order valence-corrected chi connectivity index (χ4v) is 2.31. The molecule has 0 bridgehead atoms. The summed E-state index contributed by atoms with van der Waals surface area (Å²) < 4.78 is 0. The number of hydrogen-bond donors (Lipinski definition) is 8. The van der Waals surface area contributed by atoms with Crippen molar-refractivity contribution in [3.05, 3.63) is 0 Å². The lowest BCUT2D eigenvalue weighted by atomic mass is 10.1. The summed E-state index contributed by atoms with van der Waals surface area (Å²) >= 11 is 0. The summed E-state index contributed by atoms with van der Waals surface area (Å²) in [5.41, 5.74) is 10.9. The van der Waals surface area contributed by atoms with E-state index in [1.54, 1.807) is 0 Å². The number of carboxylic acid groups (broad SMARTS) is 2. The van der Waals surface area contributed by atoms with E-state index in [-0.39, 0.29) is 12.8 Å². The van der Waals surface area contributed by atoms with E-state index in [0.29, 0.717) is 19.4 Å². The largest absolute Gasteiger partial charge is 0.481 e. The van der Waals surface area contributed by atoms with Crippen LogP contribution in [0.1, 0.15) is 39.0 Å². The molecule has 172 valence electrons. The summed E-state index contributed by atoms with van der Waals surface area (Å²) in [6.07, 6.45) is 0.431. The zero-order chi connectivity index (χ0) is 23.3. The summed E-state index contributed by atoms with van der Waals surface area (Å²) in [6, 6.07) is -4.96. The Kier molecular flexibility index (Phi) is 12.9. The van der Waals surface area contributed by atoms with Gasteiger partial charge in [-0.1, -0.05) is 0 Å². The molecule has 0 aromatic heterocycles. The molecule has 0 radical (unpaired) electrons. The number of nitrogens with one attached hydrogen (secondary N) is 3. The van der Waals surface area contributed by atoms with E-state index >= 15 is 0 Å². The number of hydrogen-bond acceptors (Lipinski definition) is 8. The summed E-state index contributed by atoms with van der Waals surface area (Å²) in [7, 11) is 0. The van der Waals surface area contributed by atoms with Crippen LogP contribution in [-0.4, -0.2) is 82.3 Å². The minimum atomic E-state index is -1.34. The first-order valence-electron chi connectivity index (χ1n) is 9.45. The van der Waals surface area contributed by atoms with Gasteiger partial charge in [-0.2, -0.15) is 0 Å². The van der Waals surface area contributed by atoms with E-state index in [1.807, 2.05) is 0 Å². The van der Waals surface area contributed by atoms with Crippen molar-refractivity contribution in [2.75, 3.05) is 13.2 Å². The van der Waals surface area contributed by atoms with Gasteiger partial charge < -0.3 is 42.7 Å². The normalized spacial score (nSPS) is 14.7. The lowest BCUT2D eigenvalue weighted by Crippen LogP contribution is -2.57. The van der Waals surface area contributed by atoms with Crippen LogP contribution in [0.4, 0.5) is 0 Å². The van der Waals surface area contributed by atoms with Crippen molar-refractivity contribution in [2.24, 2.45) is 11.5 Å². The van der Waals surface area contributed by atoms with Gasteiger partial charge in [0.05, 0.1) is 6.61 Å². The summed E-state index contributed by atoms with van der Waals surface area (Å²) in [4.78, 5) is 58.7. The lowest BCUT2D eigenvalue weighted by Gasteiger charge is -2.24. The van der Waals surface area contributed by atoms with Crippen molar-refractivity contribution in [3.8, 4) is 0 Å². The van der Waals surface area contributed by atoms with Gasteiger partial charge in [-0.05, 0) is 39.2 Å². The lowest BCUT2D eigenvalue weighted by molar-refractivity contribution is -0.142.